The standard InChI is InChI=1S/C18H17ClFN5O2S/c1-9-18(23-17(27)14-7-13(8-15(21)26)24-25(14)2)28-16(22-9)5-10-3-11(19)6-12(20)4-10/h3-4,6-7H,5,8H2,1-2H3,(H2,21,26)(H,23,27). The summed E-state index contributed by atoms with van der Waals surface area (Å²) in [6.07, 6.45) is 0.356. The van der Waals surface area contributed by atoms with Crippen molar-refractivity contribution < 1.29 is 14.0 Å². The maximum atomic E-state index is 13.5. The van der Waals surface area contributed by atoms with Gasteiger partial charge in [0.1, 0.15) is 16.5 Å². The number of hydrogen-bond donors (Lipinski definition) is 2. The molecule has 0 saturated carbocycles. The third kappa shape index (κ3) is 4.73. The van der Waals surface area contributed by atoms with Gasteiger partial charge in [0.2, 0.25) is 5.91 Å². The molecular formula is C18H17ClFN5O2S. The molecule has 3 N–H and O–H groups in total. The van der Waals surface area contributed by atoms with Crippen LogP contribution in [0, 0.1) is 12.7 Å². The molecule has 3 rings (SSSR count). The quantitative estimate of drug-likeness (QED) is 0.638. The summed E-state index contributed by atoms with van der Waals surface area (Å²) < 4.78 is 14.9. The molecule has 2 heterocycles. The van der Waals surface area contributed by atoms with E-state index in [1.165, 1.54) is 34.2 Å². The summed E-state index contributed by atoms with van der Waals surface area (Å²) in [5, 5.41) is 8.53. The third-order valence-electron chi connectivity index (χ3n) is 3.86. The lowest BCUT2D eigenvalue weighted by Gasteiger charge is -2.03. The van der Waals surface area contributed by atoms with Crippen LogP contribution in [0.1, 0.15) is 32.4 Å². The van der Waals surface area contributed by atoms with Crippen molar-refractivity contribution in [2.75, 3.05) is 5.32 Å². The highest BCUT2D eigenvalue weighted by atomic mass is 35.5. The molecule has 3 aromatic rings. The fourth-order valence-electron chi connectivity index (χ4n) is 2.70. The van der Waals surface area contributed by atoms with E-state index in [1.54, 1.807) is 20.0 Å². The molecule has 0 bridgehead atoms. The molecule has 0 aliphatic rings. The number of anilines is 1. The maximum Gasteiger partial charge on any atom is 0.274 e. The monoisotopic (exact) mass is 421 g/mol. The first kappa shape index (κ1) is 20.0. The van der Waals surface area contributed by atoms with E-state index in [4.69, 9.17) is 17.3 Å². The van der Waals surface area contributed by atoms with Crippen LogP contribution in [0.25, 0.3) is 0 Å². The lowest BCUT2D eigenvalue weighted by atomic mass is 10.1. The minimum atomic E-state index is -0.523. The van der Waals surface area contributed by atoms with Crippen molar-refractivity contribution in [1.82, 2.24) is 14.8 Å². The van der Waals surface area contributed by atoms with Crippen LogP contribution in [0.5, 0.6) is 0 Å². The number of carbonyl (C=O) groups excluding carboxylic acids is 2. The molecule has 0 fully saturated rings. The molecule has 2 amide bonds. The first-order valence-corrected chi connectivity index (χ1v) is 9.44. The summed E-state index contributed by atoms with van der Waals surface area (Å²) >= 11 is 7.19. The van der Waals surface area contributed by atoms with Crippen molar-refractivity contribution in [1.29, 1.82) is 0 Å². The highest BCUT2D eigenvalue weighted by molar-refractivity contribution is 7.16. The number of amides is 2. The molecule has 28 heavy (non-hydrogen) atoms. The summed E-state index contributed by atoms with van der Waals surface area (Å²) in [6, 6.07) is 5.84. The van der Waals surface area contributed by atoms with E-state index in [1.807, 2.05) is 0 Å². The summed E-state index contributed by atoms with van der Waals surface area (Å²) in [5.41, 5.74) is 7.22. The molecule has 7 nitrogen and oxygen atoms in total. The van der Waals surface area contributed by atoms with E-state index in [9.17, 15) is 14.0 Å². The smallest absolute Gasteiger partial charge is 0.274 e. The highest BCUT2D eigenvalue weighted by Crippen LogP contribution is 2.27. The molecule has 0 atom stereocenters. The van der Waals surface area contributed by atoms with E-state index in [0.29, 0.717) is 44.1 Å². The van der Waals surface area contributed by atoms with Gasteiger partial charge in [-0.25, -0.2) is 9.37 Å². The summed E-state index contributed by atoms with van der Waals surface area (Å²) in [4.78, 5) is 28.0. The van der Waals surface area contributed by atoms with Crippen molar-refractivity contribution in [3.63, 3.8) is 0 Å². The van der Waals surface area contributed by atoms with E-state index < -0.39 is 11.7 Å². The van der Waals surface area contributed by atoms with E-state index in [2.05, 4.69) is 15.4 Å². The van der Waals surface area contributed by atoms with Crippen LogP contribution in [0.2, 0.25) is 5.02 Å². The number of nitrogens with one attached hydrogen (secondary N) is 1. The van der Waals surface area contributed by atoms with Crippen LogP contribution < -0.4 is 11.1 Å². The molecular weight excluding hydrogens is 405 g/mol. The molecule has 0 aliphatic heterocycles. The molecule has 2 aromatic heterocycles. The number of benzene rings is 1. The van der Waals surface area contributed by atoms with Gasteiger partial charge in [-0.2, -0.15) is 5.10 Å². The SMILES string of the molecule is Cc1nc(Cc2cc(F)cc(Cl)c2)sc1NC(=O)c1cc(CC(N)=O)nn1C. The predicted octanol–water partition coefficient (Wildman–Crippen LogP) is 2.85. The lowest BCUT2D eigenvalue weighted by Crippen LogP contribution is -2.15. The molecule has 1 aromatic carbocycles. The average Bonchev–Trinajstić information content (AvgIpc) is 3.08. The fraction of sp³-hybridized carbons (Fsp3) is 0.222. The van der Waals surface area contributed by atoms with Gasteiger partial charge in [0.05, 0.1) is 22.8 Å². The first-order valence-electron chi connectivity index (χ1n) is 8.25. The Morgan fingerprint density at radius 3 is 2.75 bits per heavy atom. The number of aryl methyl sites for hydroxylation is 2. The number of aromatic nitrogens is 3. The molecule has 0 radical (unpaired) electrons. The van der Waals surface area contributed by atoms with E-state index in [0.717, 1.165) is 0 Å². The van der Waals surface area contributed by atoms with Crippen LogP contribution in [0.3, 0.4) is 0 Å². The Morgan fingerprint density at radius 2 is 2.07 bits per heavy atom. The molecule has 0 unspecified atom stereocenters. The highest BCUT2D eigenvalue weighted by Gasteiger charge is 2.17. The van der Waals surface area contributed by atoms with Crippen molar-refractivity contribution >= 4 is 39.8 Å². The largest absolute Gasteiger partial charge is 0.369 e. The number of carbonyl (C=O) groups is 2. The third-order valence-corrected chi connectivity index (χ3v) is 5.16. The summed E-state index contributed by atoms with van der Waals surface area (Å²) in [7, 11) is 1.61. The zero-order chi connectivity index (χ0) is 20.4. The Bertz CT molecular complexity index is 1040. The first-order chi connectivity index (χ1) is 13.2. The van der Waals surface area contributed by atoms with Crippen molar-refractivity contribution in [2.45, 2.75) is 19.8 Å². The molecule has 0 aliphatic carbocycles. The maximum absolute atomic E-state index is 13.5. The summed E-state index contributed by atoms with van der Waals surface area (Å²) in [6.45, 7) is 1.77. The normalized spacial score (nSPS) is 10.9. The van der Waals surface area contributed by atoms with E-state index >= 15 is 0 Å². The Balaban J connectivity index is 1.75. The zero-order valence-electron chi connectivity index (χ0n) is 15.1. The second kappa shape index (κ2) is 8.07. The second-order valence-corrected chi connectivity index (χ2v) is 7.74. The zero-order valence-corrected chi connectivity index (χ0v) is 16.7. The van der Waals surface area contributed by atoms with Crippen LogP contribution in [-0.4, -0.2) is 26.6 Å². The predicted molar refractivity (Wildman–Crippen MR) is 105 cm³/mol. The van der Waals surface area contributed by atoms with Gasteiger partial charge in [-0.3, -0.25) is 14.3 Å². The molecule has 10 heteroatoms. The molecule has 0 saturated heterocycles. The van der Waals surface area contributed by atoms with Gasteiger partial charge in [-0.05, 0) is 36.8 Å². The minimum Gasteiger partial charge on any atom is -0.369 e. The Kier molecular flexibility index (Phi) is 5.76. The number of hydrogen-bond acceptors (Lipinski definition) is 5. The lowest BCUT2D eigenvalue weighted by molar-refractivity contribution is -0.117. The van der Waals surface area contributed by atoms with Crippen LogP contribution >= 0.6 is 22.9 Å². The number of rotatable bonds is 6. The number of thiazole rings is 1. The van der Waals surface area contributed by atoms with Crippen LogP contribution in [0.15, 0.2) is 24.3 Å². The van der Waals surface area contributed by atoms with E-state index in [-0.39, 0.29) is 12.3 Å². The van der Waals surface area contributed by atoms with Gasteiger partial charge < -0.3 is 11.1 Å². The minimum absolute atomic E-state index is 0.0406. The number of nitrogens with two attached hydrogens (primary N) is 1. The Hall–Kier alpha value is -2.78. The van der Waals surface area contributed by atoms with Crippen LogP contribution in [0.4, 0.5) is 9.39 Å². The van der Waals surface area contributed by atoms with Gasteiger partial charge in [0, 0.05) is 18.5 Å². The van der Waals surface area contributed by atoms with Crippen LogP contribution in [-0.2, 0) is 24.7 Å². The summed E-state index contributed by atoms with van der Waals surface area (Å²) in [5.74, 6) is -1.31. The second-order valence-electron chi connectivity index (χ2n) is 6.22. The Labute approximate surface area is 169 Å². The number of primary amides is 1. The van der Waals surface area contributed by atoms with Gasteiger partial charge in [0.15, 0.2) is 0 Å². The van der Waals surface area contributed by atoms with Gasteiger partial charge in [-0.1, -0.05) is 11.6 Å². The molecule has 0 spiro atoms. The topological polar surface area (TPSA) is 103 Å². The average molecular weight is 422 g/mol. The number of nitrogens with zero attached hydrogens (tertiary/aromatic N) is 3. The van der Waals surface area contributed by atoms with Gasteiger partial charge >= 0.3 is 0 Å². The Morgan fingerprint density at radius 1 is 1.32 bits per heavy atom. The van der Waals surface area contributed by atoms with Crippen molar-refractivity contribution in [3.05, 3.63) is 62.8 Å². The van der Waals surface area contributed by atoms with Crippen molar-refractivity contribution in [2.24, 2.45) is 12.8 Å². The van der Waals surface area contributed by atoms with Crippen molar-refractivity contribution in [3.8, 4) is 0 Å². The number of halogens is 2. The van der Waals surface area contributed by atoms with Gasteiger partial charge in [0.25, 0.3) is 5.91 Å². The fourth-order valence-corrected chi connectivity index (χ4v) is 3.94. The molecule has 146 valence electrons. The van der Waals surface area contributed by atoms with Gasteiger partial charge in [-0.15, -0.1) is 11.3 Å².